The highest BCUT2D eigenvalue weighted by Crippen LogP contribution is 2.16. The number of benzene rings is 1. The average molecular weight is 262 g/mol. The lowest BCUT2D eigenvalue weighted by Crippen LogP contribution is -2.23. The van der Waals surface area contributed by atoms with E-state index in [1.165, 1.54) is 12.1 Å². The maximum atomic E-state index is 12.8. The first-order chi connectivity index (χ1) is 8.13. The molecule has 2 N–H and O–H groups in total. The maximum Gasteiger partial charge on any atom is 0.124 e. The Labute approximate surface area is 106 Å². The molecule has 5 heteroatoms. The van der Waals surface area contributed by atoms with E-state index in [0.29, 0.717) is 31.1 Å². The summed E-state index contributed by atoms with van der Waals surface area (Å²) in [4.78, 5) is 0. The molecule has 0 amide bonds. The Hall–Kier alpha value is -0.680. The van der Waals surface area contributed by atoms with Crippen molar-refractivity contribution in [3.05, 3.63) is 34.6 Å². The molecule has 0 spiro atoms. The molecule has 0 saturated carbocycles. The first-order valence-corrected chi connectivity index (χ1v) is 5.83. The monoisotopic (exact) mass is 261 g/mol. The lowest BCUT2D eigenvalue weighted by atomic mass is 10.2. The van der Waals surface area contributed by atoms with Crippen LogP contribution in [0.1, 0.15) is 12.0 Å². The Morgan fingerprint density at radius 3 is 2.94 bits per heavy atom. The van der Waals surface area contributed by atoms with Gasteiger partial charge in [0, 0.05) is 18.7 Å². The Balaban J connectivity index is 2.26. The van der Waals surface area contributed by atoms with Gasteiger partial charge in [-0.1, -0.05) is 17.7 Å². The van der Waals surface area contributed by atoms with E-state index in [4.69, 9.17) is 16.3 Å². The van der Waals surface area contributed by atoms with Crippen LogP contribution in [-0.2, 0) is 11.3 Å². The largest absolute Gasteiger partial charge is 0.391 e. The quantitative estimate of drug-likeness (QED) is 0.738. The van der Waals surface area contributed by atoms with Crippen LogP contribution in [0.25, 0.3) is 0 Å². The van der Waals surface area contributed by atoms with E-state index in [1.807, 2.05) is 0 Å². The Morgan fingerprint density at radius 1 is 1.53 bits per heavy atom. The lowest BCUT2D eigenvalue weighted by Gasteiger charge is -2.10. The van der Waals surface area contributed by atoms with Crippen molar-refractivity contribution in [3.63, 3.8) is 0 Å². The summed E-state index contributed by atoms with van der Waals surface area (Å²) in [6.45, 7) is 1.54. The van der Waals surface area contributed by atoms with Crippen LogP contribution in [0, 0.1) is 5.82 Å². The molecular formula is C12H17ClFNO2. The minimum Gasteiger partial charge on any atom is -0.391 e. The van der Waals surface area contributed by atoms with Crippen LogP contribution >= 0.6 is 11.6 Å². The molecule has 1 atom stereocenters. The van der Waals surface area contributed by atoms with Crippen molar-refractivity contribution in [2.45, 2.75) is 19.1 Å². The zero-order chi connectivity index (χ0) is 12.7. The average Bonchev–Trinajstić information content (AvgIpc) is 2.27. The first kappa shape index (κ1) is 14.4. The fraction of sp³-hybridized carbons (Fsp3) is 0.500. The normalized spacial score (nSPS) is 12.7. The third kappa shape index (κ3) is 5.46. The molecular weight excluding hydrogens is 245 g/mol. The van der Waals surface area contributed by atoms with Gasteiger partial charge in [0.25, 0.3) is 0 Å². The van der Waals surface area contributed by atoms with Crippen molar-refractivity contribution in [1.82, 2.24) is 5.32 Å². The van der Waals surface area contributed by atoms with Crippen LogP contribution < -0.4 is 5.32 Å². The molecule has 96 valence electrons. The van der Waals surface area contributed by atoms with E-state index >= 15 is 0 Å². The third-order valence-electron chi connectivity index (χ3n) is 2.34. The summed E-state index contributed by atoms with van der Waals surface area (Å²) < 4.78 is 17.6. The summed E-state index contributed by atoms with van der Waals surface area (Å²) in [6.07, 6.45) is 0.142. The number of rotatable bonds is 7. The van der Waals surface area contributed by atoms with Crippen LogP contribution in [0.5, 0.6) is 0 Å². The maximum absolute atomic E-state index is 12.8. The van der Waals surface area contributed by atoms with Gasteiger partial charge < -0.3 is 15.2 Å². The molecule has 0 aromatic heterocycles. The zero-order valence-electron chi connectivity index (χ0n) is 9.75. The van der Waals surface area contributed by atoms with Crippen LogP contribution in [0.3, 0.4) is 0 Å². The van der Waals surface area contributed by atoms with Crippen LogP contribution in [0.15, 0.2) is 18.2 Å². The van der Waals surface area contributed by atoms with Crippen molar-refractivity contribution in [3.8, 4) is 0 Å². The number of ether oxygens (including phenoxy) is 1. The second kappa shape index (κ2) is 7.61. The molecule has 3 nitrogen and oxygen atoms in total. The molecule has 0 aliphatic heterocycles. The molecule has 0 aliphatic carbocycles. The first-order valence-electron chi connectivity index (χ1n) is 5.45. The van der Waals surface area contributed by atoms with Crippen molar-refractivity contribution >= 4 is 11.6 Å². The summed E-state index contributed by atoms with van der Waals surface area (Å²) >= 11 is 5.87. The Kier molecular flexibility index (Phi) is 6.44. The van der Waals surface area contributed by atoms with E-state index < -0.39 is 6.10 Å². The molecule has 0 aliphatic rings. The topological polar surface area (TPSA) is 41.5 Å². The van der Waals surface area contributed by atoms with Gasteiger partial charge in [0.2, 0.25) is 0 Å². The van der Waals surface area contributed by atoms with Gasteiger partial charge in [-0.15, -0.1) is 0 Å². The highest BCUT2D eigenvalue weighted by molar-refractivity contribution is 6.31. The highest BCUT2D eigenvalue weighted by Gasteiger charge is 2.04. The summed E-state index contributed by atoms with van der Waals surface area (Å²) in [5.41, 5.74) is 0.842. The van der Waals surface area contributed by atoms with Gasteiger partial charge in [0.15, 0.2) is 0 Å². The van der Waals surface area contributed by atoms with Crippen molar-refractivity contribution in [2.75, 3.05) is 20.3 Å². The van der Waals surface area contributed by atoms with Gasteiger partial charge in [-0.2, -0.15) is 0 Å². The summed E-state index contributed by atoms with van der Waals surface area (Å²) in [5, 5.41) is 12.9. The highest BCUT2D eigenvalue weighted by atomic mass is 35.5. The number of halogens is 2. The van der Waals surface area contributed by atoms with Crippen LogP contribution in [0.2, 0.25) is 5.02 Å². The van der Waals surface area contributed by atoms with Crippen molar-refractivity contribution in [1.29, 1.82) is 0 Å². The summed E-state index contributed by atoms with van der Waals surface area (Å²) in [7, 11) is 1.55. The van der Waals surface area contributed by atoms with E-state index in [2.05, 4.69) is 5.32 Å². The SMILES string of the molecule is COCC(O)CCNCc1ccc(F)cc1Cl. The van der Waals surface area contributed by atoms with E-state index in [1.54, 1.807) is 13.2 Å². The fourth-order valence-corrected chi connectivity index (χ4v) is 1.67. The third-order valence-corrected chi connectivity index (χ3v) is 2.70. The predicted molar refractivity (Wildman–Crippen MR) is 65.6 cm³/mol. The van der Waals surface area contributed by atoms with Crippen molar-refractivity contribution < 1.29 is 14.2 Å². The summed E-state index contributed by atoms with van der Waals surface area (Å²) in [5.74, 6) is -0.339. The minimum absolute atomic E-state index is 0.332. The lowest BCUT2D eigenvalue weighted by molar-refractivity contribution is 0.0594. The molecule has 1 aromatic rings. The molecule has 0 fully saturated rings. The van der Waals surface area contributed by atoms with Gasteiger partial charge in [0.1, 0.15) is 5.82 Å². The Bertz CT molecular complexity index is 349. The number of aliphatic hydroxyl groups excluding tert-OH is 1. The molecule has 0 radical (unpaired) electrons. The van der Waals surface area contributed by atoms with Crippen LogP contribution in [-0.4, -0.2) is 31.5 Å². The van der Waals surface area contributed by atoms with Crippen LogP contribution in [0.4, 0.5) is 4.39 Å². The Morgan fingerprint density at radius 2 is 2.29 bits per heavy atom. The minimum atomic E-state index is -0.462. The molecule has 0 saturated heterocycles. The standard InChI is InChI=1S/C12H17ClFNO2/c1-17-8-11(16)4-5-15-7-9-2-3-10(14)6-12(9)13/h2-3,6,11,15-16H,4-5,7-8H2,1H3. The van der Waals surface area contributed by atoms with Gasteiger partial charge in [0.05, 0.1) is 12.7 Å². The van der Waals surface area contributed by atoms with E-state index in [0.717, 1.165) is 5.56 Å². The molecule has 1 aromatic carbocycles. The second-order valence-corrected chi connectivity index (χ2v) is 4.22. The van der Waals surface area contributed by atoms with E-state index in [-0.39, 0.29) is 5.82 Å². The van der Waals surface area contributed by atoms with E-state index in [9.17, 15) is 9.50 Å². The molecule has 1 rings (SSSR count). The zero-order valence-corrected chi connectivity index (χ0v) is 10.5. The van der Waals surface area contributed by atoms with Gasteiger partial charge in [-0.3, -0.25) is 0 Å². The van der Waals surface area contributed by atoms with Gasteiger partial charge in [-0.25, -0.2) is 4.39 Å². The number of methoxy groups -OCH3 is 1. The molecule has 0 heterocycles. The number of aliphatic hydroxyl groups is 1. The fourth-order valence-electron chi connectivity index (χ4n) is 1.43. The number of hydrogen-bond donors (Lipinski definition) is 2. The number of hydrogen-bond acceptors (Lipinski definition) is 3. The number of nitrogens with one attached hydrogen (secondary N) is 1. The summed E-state index contributed by atoms with van der Waals surface area (Å²) in [6, 6.07) is 4.32. The van der Waals surface area contributed by atoms with Gasteiger partial charge in [-0.05, 0) is 30.7 Å². The molecule has 1 unspecified atom stereocenters. The molecule has 0 bridgehead atoms. The van der Waals surface area contributed by atoms with Gasteiger partial charge >= 0.3 is 0 Å². The smallest absolute Gasteiger partial charge is 0.124 e. The molecule has 17 heavy (non-hydrogen) atoms. The predicted octanol–water partition coefficient (Wildman–Crippen LogP) is 1.97. The second-order valence-electron chi connectivity index (χ2n) is 3.81. The van der Waals surface area contributed by atoms with Crippen molar-refractivity contribution in [2.24, 2.45) is 0 Å².